The van der Waals surface area contributed by atoms with Gasteiger partial charge in [-0.05, 0) is 13.3 Å². The number of rotatable bonds is 2. The summed E-state index contributed by atoms with van der Waals surface area (Å²) < 4.78 is 0. The van der Waals surface area contributed by atoms with Crippen LogP contribution in [0.1, 0.15) is 19.8 Å². The molecule has 1 aliphatic heterocycles. The number of carbonyl (C=O) groups excluding carboxylic acids is 1. The van der Waals surface area contributed by atoms with Crippen LogP contribution in [0, 0.1) is 11.8 Å². The molecule has 1 rings (SSSR count). The van der Waals surface area contributed by atoms with Crippen LogP contribution in [-0.2, 0) is 4.79 Å². The van der Waals surface area contributed by atoms with Gasteiger partial charge in [0.25, 0.3) is 0 Å². The highest BCUT2D eigenvalue weighted by Gasteiger charge is 2.18. The van der Waals surface area contributed by atoms with Crippen molar-refractivity contribution in [3.8, 4) is 11.8 Å². The standard InChI is InChI=1S/C9H13N3O/c1-2-3-6-12-9(13)5-4-8(7-10)11-12/h4-7,10H2,1H3. The Kier molecular flexibility index (Phi) is 3.47. The molecular weight excluding hydrogens is 166 g/mol. The average Bonchev–Trinajstić information content (AvgIpc) is 2.17. The fraction of sp³-hybridized carbons (Fsp3) is 0.556. The van der Waals surface area contributed by atoms with E-state index in [1.54, 1.807) is 6.92 Å². The monoisotopic (exact) mass is 179 g/mol. The van der Waals surface area contributed by atoms with Gasteiger partial charge < -0.3 is 5.73 Å². The zero-order chi connectivity index (χ0) is 9.68. The van der Waals surface area contributed by atoms with Crippen LogP contribution >= 0.6 is 0 Å². The molecule has 2 N–H and O–H groups in total. The molecule has 1 heterocycles. The van der Waals surface area contributed by atoms with Crippen LogP contribution in [0.5, 0.6) is 0 Å². The zero-order valence-corrected chi connectivity index (χ0v) is 7.71. The van der Waals surface area contributed by atoms with Gasteiger partial charge in [-0.2, -0.15) is 5.10 Å². The first-order chi connectivity index (χ1) is 6.27. The highest BCUT2D eigenvalue weighted by molar-refractivity contribution is 5.93. The van der Waals surface area contributed by atoms with E-state index < -0.39 is 0 Å². The van der Waals surface area contributed by atoms with E-state index in [-0.39, 0.29) is 5.91 Å². The third-order valence-corrected chi connectivity index (χ3v) is 1.82. The first-order valence-corrected chi connectivity index (χ1v) is 4.24. The number of nitrogens with zero attached hydrogens (tertiary/aromatic N) is 2. The maximum atomic E-state index is 11.3. The fourth-order valence-corrected chi connectivity index (χ4v) is 1.08. The normalized spacial score (nSPS) is 16.3. The van der Waals surface area contributed by atoms with Gasteiger partial charge in [-0.3, -0.25) is 4.79 Å². The predicted molar refractivity (Wildman–Crippen MR) is 50.9 cm³/mol. The summed E-state index contributed by atoms with van der Waals surface area (Å²) >= 11 is 0. The Morgan fingerprint density at radius 2 is 2.38 bits per heavy atom. The van der Waals surface area contributed by atoms with Crippen molar-refractivity contribution in [1.29, 1.82) is 0 Å². The molecule has 0 atom stereocenters. The molecule has 0 aliphatic carbocycles. The Morgan fingerprint density at radius 1 is 1.62 bits per heavy atom. The van der Waals surface area contributed by atoms with Gasteiger partial charge in [0, 0.05) is 13.0 Å². The maximum Gasteiger partial charge on any atom is 0.243 e. The summed E-state index contributed by atoms with van der Waals surface area (Å²) in [6.45, 7) is 2.53. The minimum absolute atomic E-state index is 0.0277. The molecule has 0 saturated carbocycles. The van der Waals surface area contributed by atoms with Crippen molar-refractivity contribution in [2.75, 3.05) is 13.1 Å². The minimum Gasteiger partial charge on any atom is -0.325 e. The lowest BCUT2D eigenvalue weighted by Crippen LogP contribution is -2.34. The summed E-state index contributed by atoms with van der Waals surface area (Å²) in [5, 5.41) is 5.48. The molecule has 0 radical (unpaired) electrons. The average molecular weight is 179 g/mol. The number of hydrazone groups is 1. The summed E-state index contributed by atoms with van der Waals surface area (Å²) in [4.78, 5) is 11.3. The summed E-state index contributed by atoms with van der Waals surface area (Å²) in [6.07, 6.45) is 1.19. The molecule has 13 heavy (non-hydrogen) atoms. The Hall–Kier alpha value is -1.34. The van der Waals surface area contributed by atoms with Crippen molar-refractivity contribution in [2.24, 2.45) is 10.8 Å². The Labute approximate surface area is 77.8 Å². The summed E-state index contributed by atoms with van der Waals surface area (Å²) in [6, 6.07) is 0. The van der Waals surface area contributed by atoms with Crippen molar-refractivity contribution in [1.82, 2.24) is 5.01 Å². The molecule has 70 valence electrons. The van der Waals surface area contributed by atoms with Gasteiger partial charge in [-0.15, -0.1) is 5.92 Å². The van der Waals surface area contributed by atoms with Gasteiger partial charge in [0.1, 0.15) is 6.54 Å². The van der Waals surface area contributed by atoms with E-state index in [1.165, 1.54) is 5.01 Å². The quantitative estimate of drug-likeness (QED) is 0.604. The Balaban J connectivity index is 2.66. The number of carbonyl (C=O) groups is 1. The molecule has 0 spiro atoms. The largest absolute Gasteiger partial charge is 0.325 e. The third kappa shape index (κ3) is 2.56. The van der Waals surface area contributed by atoms with E-state index >= 15 is 0 Å². The molecule has 0 bridgehead atoms. The van der Waals surface area contributed by atoms with Crippen LogP contribution < -0.4 is 5.73 Å². The minimum atomic E-state index is 0.0277. The van der Waals surface area contributed by atoms with Crippen molar-refractivity contribution < 1.29 is 4.79 Å². The van der Waals surface area contributed by atoms with Gasteiger partial charge in [-0.1, -0.05) is 5.92 Å². The van der Waals surface area contributed by atoms with Gasteiger partial charge in [0.05, 0.1) is 5.71 Å². The van der Waals surface area contributed by atoms with E-state index in [0.717, 1.165) is 5.71 Å². The van der Waals surface area contributed by atoms with Crippen LogP contribution in [-0.4, -0.2) is 29.7 Å². The number of hydrogen-bond acceptors (Lipinski definition) is 3. The van der Waals surface area contributed by atoms with E-state index in [0.29, 0.717) is 25.9 Å². The van der Waals surface area contributed by atoms with Crippen LogP contribution in [0.4, 0.5) is 0 Å². The molecular formula is C9H13N3O. The van der Waals surface area contributed by atoms with Crippen LogP contribution in [0.2, 0.25) is 0 Å². The van der Waals surface area contributed by atoms with Crippen molar-refractivity contribution >= 4 is 11.6 Å². The van der Waals surface area contributed by atoms with Gasteiger partial charge >= 0.3 is 0 Å². The molecule has 1 amide bonds. The van der Waals surface area contributed by atoms with Crippen molar-refractivity contribution in [2.45, 2.75) is 19.8 Å². The molecule has 0 fully saturated rings. The number of amides is 1. The second-order valence-corrected chi connectivity index (χ2v) is 2.75. The van der Waals surface area contributed by atoms with E-state index in [1.807, 2.05) is 0 Å². The lowest BCUT2D eigenvalue weighted by atomic mass is 10.2. The van der Waals surface area contributed by atoms with Crippen LogP contribution in [0.3, 0.4) is 0 Å². The first kappa shape index (κ1) is 9.75. The molecule has 4 nitrogen and oxygen atoms in total. The molecule has 1 aliphatic rings. The van der Waals surface area contributed by atoms with E-state index in [9.17, 15) is 4.79 Å². The number of hydrogen-bond donors (Lipinski definition) is 1. The highest BCUT2D eigenvalue weighted by atomic mass is 16.2. The summed E-state index contributed by atoms with van der Waals surface area (Å²) in [5.41, 5.74) is 6.31. The highest BCUT2D eigenvalue weighted by Crippen LogP contribution is 2.07. The second kappa shape index (κ2) is 4.63. The lowest BCUT2D eigenvalue weighted by molar-refractivity contribution is -0.131. The first-order valence-electron chi connectivity index (χ1n) is 4.24. The SMILES string of the molecule is CC#CCN1N=C(CN)CCC1=O. The van der Waals surface area contributed by atoms with E-state index in [2.05, 4.69) is 16.9 Å². The van der Waals surface area contributed by atoms with E-state index in [4.69, 9.17) is 5.73 Å². The Morgan fingerprint density at radius 3 is 3.00 bits per heavy atom. The van der Waals surface area contributed by atoms with Crippen LogP contribution in [0.25, 0.3) is 0 Å². The second-order valence-electron chi connectivity index (χ2n) is 2.75. The molecule has 0 aromatic heterocycles. The number of nitrogens with two attached hydrogens (primary N) is 1. The topological polar surface area (TPSA) is 58.7 Å². The maximum absolute atomic E-state index is 11.3. The van der Waals surface area contributed by atoms with Gasteiger partial charge in [0.2, 0.25) is 5.91 Å². The molecule has 0 aromatic carbocycles. The summed E-state index contributed by atoms with van der Waals surface area (Å²) in [5.74, 6) is 5.55. The molecule has 4 heteroatoms. The smallest absolute Gasteiger partial charge is 0.243 e. The Bertz CT molecular complexity index is 285. The van der Waals surface area contributed by atoms with Crippen molar-refractivity contribution in [3.05, 3.63) is 0 Å². The fourth-order valence-electron chi connectivity index (χ4n) is 1.08. The van der Waals surface area contributed by atoms with Gasteiger partial charge in [-0.25, -0.2) is 5.01 Å². The zero-order valence-electron chi connectivity index (χ0n) is 7.71. The molecule has 0 unspecified atom stereocenters. The van der Waals surface area contributed by atoms with Gasteiger partial charge in [0.15, 0.2) is 0 Å². The molecule has 0 saturated heterocycles. The lowest BCUT2D eigenvalue weighted by Gasteiger charge is -2.20. The third-order valence-electron chi connectivity index (χ3n) is 1.82. The summed E-state index contributed by atoms with van der Waals surface area (Å²) in [7, 11) is 0. The van der Waals surface area contributed by atoms with Crippen molar-refractivity contribution in [3.63, 3.8) is 0 Å². The van der Waals surface area contributed by atoms with Crippen LogP contribution in [0.15, 0.2) is 5.10 Å². The predicted octanol–water partition coefficient (Wildman–Crippen LogP) is -0.0532. The molecule has 0 aromatic rings.